The number of carbonyl (C=O) groups excluding carboxylic acids is 4. The van der Waals surface area contributed by atoms with Gasteiger partial charge in [-0.1, -0.05) is 0 Å². The van der Waals surface area contributed by atoms with E-state index >= 15 is 0 Å². The normalized spacial score (nSPS) is 20.8. The summed E-state index contributed by atoms with van der Waals surface area (Å²) in [4.78, 5) is 47.0. The minimum Gasteiger partial charge on any atom is -0.465 e. The summed E-state index contributed by atoms with van der Waals surface area (Å²) in [6, 6.07) is 0. The highest BCUT2D eigenvalue weighted by molar-refractivity contribution is 6.07. The molecule has 1 rings (SSSR count). The van der Waals surface area contributed by atoms with Gasteiger partial charge in [0.25, 0.3) is 5.79 Å². The summed E-state index contributed by atoms with van der Waals surface area (Å²) >= 11 is 0. The van der Waals surface area contributed by atoms with Crippen LogP contribution in [-0.4, -0.2) is 41.9 Å². The Morgan fingerprint density at radius 1 is 1.10 bits per heavy atom. The summed E-state index contributed by atoms with van der Waals surface area (Å²) in [5, 5.41) is 0. The lowest BCUT2D eigenvalue weighted by Crippen LogP contribution is -2.59. The van der Waals surface area contributed by atoms with Crippen LogP contribution in [0.2, 0.25) is 0 Å². The average molecular weight is 302 g/mol. The molecule has 8 nitrogen and oxygen atoms in total. The van der Waals surface area contributed by atoms with Crippen LogP contribution in [0.4, 0.5) is 0 Å². The van der Waals surface area contributed by atoms with Crippen LogP contribution in [0, 0.1) is 5.92 Å². The molecule has 1 heterocycles. The Bertz CT molecular complexity index is 459. The molecule has 0 aromatic carbocycles. The molecule has 0 spiro atoms. The van der Waals surface area contributed by atoms with E-state index in [-0.39, 0.29) is 6.61 Å². The summed E-state index contributed by atoms with van der Waals surface area (Å²) in [5.41, 5.74) is -2.24. The Morgan fingerprint density at radius 2 is 1.57 bits per heavy atom. The first kappa shape index (κ1) is 16.9. The fraction of sp³-hybridized carbons (Fsp3) is 0.692. The third-order valence-electron chi connectivity index (χ3n) is 2.75. The van der Waals surface area contributed by atoms with Crippen molar-refractivity contribution in [2.45, 2.75) is 46.0 Å². The summed E-state index contributed by atoms with van der Waals surface area (Å²) in [5.74, 6) is -6.74. The van der Waals surface area contributed by atoms with Crippen LogP contribution >= 0.6 is 0 Å². The molecular formula is C13H18O8. The van der Waals surface area contributed by atoms with E-state index in [0.717, 1.165) is 6.92 Å². The van der Waals surface area contributed by atoms with E-state index < -0.39 is 41.2 Å². The maximum atomic E-state index is 11.9. The number of rotatable bonds is 4. The standard InChI is InChI=1S/C13H18O8/c1-6-18-8(14)7(2)9(15)19-13(5)10(16)20-12(3,4)21-11(13)17/h7H,6H2,1-5H3. The molecular weight excluding hydrogens is 284 g/mol. The smallest absolute Gasteiger partial charge is 0.365 e. The molecule has 21 heavy (non-hydrogen) atoms. The van der Waals surface area contributed by atoms with Crippen LogP contribution in [0.3, 0.4) is 0 Å². The number of hydrogen-bond acceptors (Lipinski definition) is 8. The van der Waals surface area contributed by atoms with Gasteiger partial charge in [-0.15, -0.1) is 0 Å². The number of esters is 4. The molecule has 1 aliphatic heterocycles. The van der Waals surface area contributed by atoms with Crippen molar-refractivity contribution in [1.29, 1.82) is 0 Å². The minimum atomic E-state index is -2.24. The predicted octanol–water partition coefficient (Wildman–Crippen LogP) is 0.324. The van der Waals surface area contributed by atoms with Crippen LogP contribution < -0.4 is 0 Å². The lowest BCUT2D eigenvalue weighted by molar-refractivity contribution is -0.262. The first-order valence-corrected chi connectivity index (χ1v) is 6.40. The van der Waals surface area contributed by atoms with Gasteiger partial charge in [0.2, 0.25) is 0 Å². The molecule has 0 bridgehead atoms. The lowest BCUT2D eigenvalue weighted by atomic mass is 10.0. The van der Waals surface area contributed by atoms with Crippen LogP contribution in [-0.2, 0) is 38.1 Å². The Kier molecular flexibility index (Phi) is 4.60. The number of hydrogen-bond donors (Lipinski definition) is 0. The molecule has 0 aromatic heterocycles. The molecule has 0 aromatic rings. The molecule has 0 N–H and O–H groups in total. The predicted molar refractivity (Wildman–Crippen MR) is 66.6 cm³/mol. The molecule has 0 aliphatic carbocycles. The molecule has 118 valence electrons. The summed E-state index contributed by atoms with van der Waals surface area (Å²) < 4.78 is 19.2. The van der Waals surface area contributed by atoms with E-state index in [1.165, 1.54) is 20.8 Å². The topological polar surface area (TPSA) is 105 Å². The summed E-state index contributed by atoms with van der Waals surface area (Å²) in [6.07, 6.45) is 0. The zero-order valence-corrected chi connectivity index (χ0v) is 12.6. The van der Waals surface area contributed by atoms with Crippen molar-refractivity contribution < 1.29 is 38.1 Å². The number of carbonyl (C=O) groups is 4. The monoisotopic (exact) mass is 302 g/mol. The highest BCUT2D eigenvalue weighted by atomic mass is 16.8. The average Bonchev–Trinajstić information content (AvgIpc) is 2.34. The van der Waals surface area contributed by atoms with E-state index in [2.05, 4.69) is 4.74 Å². The highest BCUT2D eigenvalue weighted by Gasteiger charge is 2.56. The van der Waals surface area contributed by atoms with Crippen LogP contribution in [0.25, 0.3) is 0 Å². The van der Waals surface area contributed by atoms with Crippen molar-refractivity contribution in [3.63, 3.8) is 0 Å². The van der Waals surface area contributed by atoms with Gasteiger partial charge in [0.1, 0.15) is 0 Å². The first-order valence-electron chi connectivity index (χ1n) is 6.40. The third kappa shape index (κ3) is 3.50. The molecule has 0 radical (unpaired) electrons. The van der Waals surface area contributed by atoms with Crippen LogP contribution in [0.1, 0.15) is 34.6 Å². The van der Waals surface area contributed by atoms with Gasteiger partial charge in [-0.25, -0.2) is 9.59 Å². The second kappa shape index (κ2) is 5.71. The Hall–Kier alpha value is -2.12. The molecule has 1 fully saturated rings. The van der Waals surface area contributed by atoms with Crippen LogP contribution in [0.5, 0.6) is 0 Å². The van der Waals surface area contributed by atoms with Gasteiger partial charge in [-0.3, -0.25) is 9.59 Å². The lowest BCUT2D eigenvalue weighted by Gasteiger charge is -2.37. The number of ether oxygens (including phenoxy) is 4. The molecule has 1 aliphatic rings. The molecule has 1 unspecified atom stereocenters. The fourth-order valence-corrected chi connectivity index (χ4v) is 1.48. The summed E-state index contributed by atoms with van der Waals surface area (Å²) in [6.45, 7) is 6.69. The van der Waals surface area contributed by atoms with E-state index in [4.69, 9.17) is 14.2 Å². The van der Waals surface area contributed by atoms with Gasteiger partial charge in [0.05, 0.1) is 6.61 Å². The Labute approximate surface area is 121 Å². The maximum Gasteiger partial charge on any atom is 0.365 e. The second-order valence-corrected chi connectivity index (χ2v) is 5.11. The zero-order chi connectivity index (χ0) is 16.4. The zero-order valence-electron chi connectivity index (χ0n) is 12.6. The van der Waals surface area contributed by atoms with Crippen molar-refractivity contribution in [2.24, 2.45) is 5.92 Å². The van der Waals surface area contributed by atoms with E-state index in [9.17, 15) is 19.2 Å². The largest absolute Gasteiger partial charge is 0.465 e. The quantitative estimate of drug-likeness (QED) is 0.415. The van der Waals surface area contributed by atoms with Gasteiger partial charge in [0, 0.05) is 13.8 Å². The maximum absolute atomic E-state index is 11.9. The Balaban J connectivity index is 2.85. The summed E-state index contributed by atoms with van der Waals surface area (Å²) in [7, 11) is 0. The second-order valence-electron chi connectivity index (χ2n) is 5.11. The van der Waals surface area contributed by atoms with Gasteiger partial charge in [-0.2, -0.15) is 0 Å². The van der Waals surface area contributed by atoms with E-state index in [1.807, 2.05) is 0 Å². The Morgan fingerprint density at radius 3 is 2.00 bits per heavy atom. The third-order valence-corrected chi connectivity index (χ3v) is 2.75. The van der Waals surface area contributed by atoms with Crippen LogP contribution in [0.15, 0.2) is 0 Å². The fourth-order valence-electron chi connectivity index (χ4n) is 1.48. The van der Waals surface area contributed by atoms with Crippen molar-refractivity contribution in [3.05, 3.63) is 0 Å². The van der Waals surface area contributed by atoms with Crippen molar-refractivity contribution in [3.8, 4) is 0 Å². The highest BCUT2D eigenvalue weighted by Crippen LogP contribution is 2.29. The van der Waals surface area contributed by atoms with E-state index in [1.54, 1.807) is 6.92 Å². The first-order chi connectivity index (χ1) is 9.53. The molecule has 1 saturated heterocycles. The van der Waals surface area contributed by atoms with Gasteiger partial charge < -0.3 is 18.9 Å². The van der Waals surface area contributed by atoms with Gasteiger partial charge in [-0.05, 0) is 20.8 Å². The molecule has 0 saturated carbocycles. The SMILES string of the molecule is CCOC(=O)C(C)C(=O)OC1(C)C(=O)OC(C)(C)OC1=O. The van der Waals surface area contributed by atoms with Gasteiger partial charge in [0.15, 0.2) is 5.92 Å². The molecule has 0 amide bonds. The molecule has 8 heteroatoms. The van der Waals surface area contributed by atoms with Gasteiger partial charge >= 0.3 is 29.5 Å². The van der Waals surface area contributed by atoms with Crippen molar-refractivity contribution >= 4 is 23.9 Å². The number of cyclic esters (lactones) is 2. The van der Waals surface area contributed by atoms with Crippen molar-refractivity contribution in [1.82, 2.24) is 0 Å². The van der Waals surface area contributed by atoms with Crippen molar-refractivity contribution in [2.75, 3.05) is 6.61 Å². The van der Waals surface area contributed by atoms with E-state index in [0.29, 0.717) is 0 Å². The molecule has 1 atom stereocenters. The minimum absolute atomic E-state index is 0.0893.